The Morgan fingerprint density at radius 2 is 1.41 bits per heavy atom. The maximum absolute atomic E-state index is 11.7. The number of esters is 3. The number of benzene rings is 1. The zero-order valence-electron chi connectivity index (χ0n) is 16.1. The number of carbonyl (C=O) groups excluding carboxylic acids is 3. The molecule has 158 valence electrons. The van der Waals surface area contributed by atoms with Crippen molar-refractivity contribution in [1.82, 2.24) is 0 Å². The van der Waals surface area contributed by atoms with Crippen LogP contribution < -0.4 is 0 Å². The highest BCUT2D eigenvalue weighted by molar-refractivity contribution is 5.75. The number of rotatable bonds is 7. The molecule has 1 aromatic carbocycles. The quantitative estimate of drug-likeness (QED) is 0.508. The molecule has 0 aromatic heterocycles. The monoisotopic (exact) mass is 410 g/mol. The summed E-state index contributed by atoms with van der Waals surface area (Å²) in [6, 6.07) is 8.88. The first-order chi connectivity index (χ1) is 13.7. The van der Waals surface area contributed by atoms with Crippen LogP contribution in [0.25, 0.3) is 0 Å². The van der Waals surface area contributed by atoms with Gasteiger partial charge in [-0.05, 0) is 5.56 Å². The Labute approximate surface area is 166 Å². The highest BCUT2D eigenvalue weighted by Crippen LogP contribution is 2.30. The van der Waals surface area contributed by atoms with Crippen molar-refractivity contribution in [2.75, 3.05) is 0 Å². The normalized spacial score (nSPS) is 26.2. The fourth-order valence-electron chi connectivity index (χ4n) is 2.86. The molecule has 29 heavy (non-hydrogen) atoms. The van der Waals surface area contributed by atoms with Gasteiger partial charge in [0.15, 0.2) is 18.3 Å². The summed E-state index contributed by atoms with van der Waals surface area (Å²) in [7, 11) is 0. The van der Waals surface area contributed by atoms with Gasteiger partial charge in [-0.3, -0.25) is 14.4 Å². The average molecular weight is 410 g/mol. The van der Waals surface area contributed by atoms with Gasteiger partial charge in [0.25, 0.3) is 0 Å². The Morgan fingerprint density at radius 1 is 0.862 bits per heavy atom. The van der Waals surface area contributed by atoms with Crippen molar-refractivity contribution in [2.24, 2.45) is 0 Å². The summed E-state index contributed by atoms with van der Waals surface area (Å²) in [5, 5.41) is 9.52. The van der Waals surface area contributed by atoms with Gasteiger partial charge in [-0.1, -0.05) is 30.3 Å². The number of hydrogen-bond acceptors (Lipinski definition) is 9. The molecule has 10 nitrogen and oxygen atoms in total. The largest absolute Gasteiger partial charge is 0.479 e. The van der Waals surface area contributed by atoms with Crippen LogP contribution in [0.15, 0.2) is 30.3 Å². The summed E-state index contributed by atoms with van der Waals surface area (Å²) in [4.78, 5) is 46.3. The number of hydrogen-bond donors (Lipinski definition) is 1. The molecule has 1 N–H and O–H groups in total. The van der Waals surface area contributed by atoms with E-state index in [0.29, 0.717) is 0 Å². The standard InChI is InChI=1S/C19H22O10/c1-10(20)26-15-14(25-9-13-7-5-4-6-8-13)17(27-11(2)21)19(28-12(3)22)29-16(15)18(23)24/h4-8,14-17,19H,9H2,1-3H3,(H,23,24)/t14-,15-,16+,17+,19-/m0/s1. The minimum Gasteiger partial charge on any atom is -0.479 e. The van der Waals surface area contributed by atoms with E-state index in [-0.39, 0.29) is 6.61 Å². The van der Waals surface area contributed by atoms with E-state index in [2.05, 4.69) is 0 Å². The van der Waals surface area contributed by atoms with Crippen molar-refractivity contribution in [3.8, 4) is 0 Å². The summed E-state index contributed by atoms with van der Waals surface area (Å²) in [5.74, 6) is -3.79. The second kappa shape index (κ2) is 9.99. The smallest absolute Gasteiger partial charge is 0.337 e. The number of aliphatic carboxylic acids is 1. The zero-order chi connectivity index (χ0) is 21.6. The van der Waals surface area contributed by atoms with Gasteiger partial charge in [0, 0.05) is 20.8 Å². The van der Waals surface area contributed by atoms with Gasteiger partial charge >= 0.3 is 23.9 Å². The lowest BCUT2D eigenvalue weighted by molar-refractivity contribution is -0.299. The van der Waals surface area contributed by atoms with Gasteiger partial charge in [-0.25, -0.2) is 4.79 Å². The average Bonchev–Trinajstić information content (AvgIpc) is 2.62. The number of carboxylic acid groups (broad SMARTS) is 1. The third kappa shape index (κ3) is 6.26. The van der Waals surface area contributed by atoms with Crippen LogP contribution in [0.2, 0.25) is 0 Å². The van der Waals surface area contributed by atoms with Crippen molar-refractivity contribution in [3.63, 3.8) is 0 Å². The first kappa shape index (κ1) is 22.3. The number of carbonyl (C=O) groups is 4. The maximum atomic E-state index is 11.7. The third-order valence-electron chi connectivity index (χ3n) is 3.91. The van der Waals surface area contributed by atoms with Crippen LogP contribution in [0.4, 0.5) is 0 Å². The van der Waals surface area contributed by atoms with Crippen LogP contribution in [0.3, 0.4) is 0 Å². The third-order valence-corrected chi connectivity index (χ3v) is 3.91. The SMILES string of the molecule is CC(=O)O[C@H]1O[C@@H](C(=O)O)[C@@H](OC(C)=O)[C@H](OCc2ccccc2)[C@H]1OC(C)=O. The molecular weight excluding hydrogens is 388 g/mol. The first-order valence-electron chi connectivity index (χ1n) is 8.74. The lowest BCUT2D eigenvalue weighted by atomic mass is 9.97. The number of carboxylic acids is 1. The highest BCUT2D eigenvalue weighted by atomic mass is 16.7. The van der Waals surface area contributed by atoms with E-state index in [0.717, 1.165) is 26.3 Å². The van der Waals surface area contributed by atoms with Crippen molar-refractivity contribution < 1.29 is 48.0 Å². The Hall–Kier alpha value is -2.98. The first-order valence-corrected chi connectivity index (χ1v) is 8.74. The van der Waals surface area contributed by atoms with Crippen LogP contribution in [0, 0.1) is 0 Å². The van der Waals surface area contributed by atoms with Gasteiger partial charge in [-0.15, -0.1) is 0 Å². The Bertz CT molecular complexity index is 747. The molecule has 1 aliphatic rings. The molecule has 0 radical (unpaired) electrons. The van der Waals surface area contributed by atoms with Crippen LogP contribution in [0.1, 0.15) is 26.3 Å². The van der Waals surface area contributed by atoms with Gasteiger partial charge in [0.05, 0.1) is 6.61 Å². The zero-order valence-corrected chi connectivity index (χ0v) is 16.1. The van der Waals surface area contributed by atoms with E-state index >= 15 is 0 Å². The molecule has 1 heterocycles. The molecular formula is C19H22O10. The van der Waals surface area contributed by atoms with E-state index < -0.39 is 54.6 Å². The molecule has 0 unspecified atom stereocenters. The minimum atomic E-state index is -1.71. The van der Waals surface area contributed by atoms with Crippen LogP contribution in [0.5, 0.6) is 0 Å². The van der Waals surface area contributed by atoms with E-state index in [4.69, 9.17) is 23.7 Å². The van der Waals surface area contributed by atoms with E-state index in [9.17, 15) is 24.3 Å². The summed E-state index contributed by atoms with van der Waals surface area (Å²) in [6.45, 7) is 3.28. The molecule has 0 aliphatic carbocycles. The molecule has 1 saturated heterocycles. The molecule has 5 atom stereocenters. The second-order valence-corrected chi connectivity index (χ2v) is 6.28. The van der Waals surface area contributed by atoms with Crippen LogP contribution >= 0.6 is 0 Å². The molecule has 1 aliphatic heterocycles. The predicted molar refractivity (Wildman–Crippen MR) is 94.2 cm³/mol. The van der Waals surface area contributed by atoms with E-state index in [1.807, 2.05) is 0 Å². The fourth-order valence-corrected chi connectivity index (χ4v) is 2.86. The van der Waals surface area contributed by atoms with Crippen molar-refractivity contribution in [3.05, 3.63) is 35.9 Å². The lowest BCUT2D eigenvalue weighted by Gasteiger charge is -2.42. The molecule has 2 rings (SSSR count). The van der Waals surface area contributed by atoms with Gasteiger partial charge in [-0.2, -0.15) is 0 Å². The lowest BCUT2D eigenvalue weighted by Crippen LogP contribution is -2.63. The summed E-state index contributed by atoms with van der Waals surface area (Å²) in [6.07, 6.45) is -7.37. The molecule has 0 saturated carbocycles. The summed E-state index contributed by atoms with van der Waals surface area (Å²) >= 11 is 0. The topological polar surface area (TPSA) is 135 Å². The van der Waals surface area contributed by atoms with Gasteiger partial charge in [0.1, 0.15) is 6.10 Å². The Kier molecular flexibility index (Phi) is 7.68. The molecule has 1 aromatic rings. The van der Waals surface area contributed by atoms with Gasteiger partial charge in [0.2, 0.25) is 6.29 Å². The Morgan fingerprint density at radius 3 is 1.93 bits per heavy atom. The molecule has 0 bridgehead atoms. The molecule has 0 amide bonds. The maximum Gasteiger partial charge on any atom is 0.337 e. The van der Waals surface area contributed by atoms with Crippen LogP contribution in [-0.2, 0) is 49.5 Å². The molecule has 1 fully saturated rings. The van der Waals surface area contributed by atoms with E-state index in [1.165, 1.54) is 0 Å². The van der Waals surface area contributed by atoms with Crippen molar-refractivity contribution in [2.45, 2.75) is 58.1 Å². The fraction of sp³-hybridized carbons (Fsp3) is 0.474. The number of ether oxygens (including phenoxy) is 5. The summed E-state index contributed by atoms with van der Waals surface area (Å²) in [5.41, 5.74) is 0.734. The van der Waals surface area contributed by atoms with Crippen molar-refractivity contribution >= 4 is 23.9 Å². The molecule has 0 spiro atoms. The minimum absolute atomic E-state index is 0.0137. The predicted octanol–water partition coefficient (Wildman–Crippen LogP) is 0.808. The van der Waals surface area contributed by atoms with Crippen molar-refractivity contribution in [1.29, 1.82) is 0 Å². The Balaban J connectivity index is 2.40. The van der Waals surface area contributed by atoms with E-state index in [1.54, 1.807) is 30.3 Å². The molecule has 10 heteroatoms. The summed E-state index contributed by atoms with van der Waals surface area (Å²) < 4.78 is 26.4. The highest BCUT2D eigenvalue weighted by Gasteiger charge is 2.54. The van der Waals surface area contributed by atoms with Crippen LogP contribution in [-0.4, -0.2) is 59.7 Å². The second-order valence-electron chi connectivity index (χ2n) is 6.28. The van der Waals surface area contributed by atoms with Gasteiger partial charge < -0.3 is 28.8 Å².